The van der Waals surface area contributed by atoms with Crippen molar-refractivity contribution in [1.82, 2.24) is 20.2 Å². The highest BCUT2D eigenvalue weighted by molar-refractivity contribution is 5.80. The van der Waals surface area contributed by atoms with Crippen molar-refractivity contribution < 1.29 is 14.7 Å². The summed E-state index contributed by atoms with van der Waals surface area (Å²) in [6, 6.07) is -0.400. The van der Waals surface area contributed by atoms with E-state index in [0.29, 0.717) is 12.4 Å². The van der Waals surface area contributed by atoms with Crippen LogP contribution in [-0.4, -0.2) is 45.1 Å². The van der Waals surface area contributed by atoms with Crippen molar-refractivity contribution in [3.63, 3.8) is 0 Å². The van der Waals surface area contributed by atoms with Crippen molar-refractivity contribution in [3.05, 3.63) is 18.2 Å². The molecule has 1 aromatic heterocycles. The molecule has 1 rings (SSSR count). The smallest absolute Gasteiger partial charge is 0.323 e. The van der Waals surface area contributed by atoms with Crippen molar-refractivity contribution in [1.29, 1.82) is 0 Å². The Kier molecular flexibility index (Phi) is 5.16. The highest BCUT2D eigenvalue weighted by Gasteiger charge is 2.17. The number of H-pyrrole nitrogens is 1. The predicted octanol–water partition coefficient (Wildman–Crippen LogP) is 0.662. The number of carboxylic acid groups (broad SMARTS) is 1. The van der Waals surface area contributed by atoms with Crippen molar-refractivity contribution in [2.75, 3.05) is 13.1 Å². The molecular weight excluding hydrogens is 236 g/mol. The fraction of sp³-hybridized carbons (Fsp3) is 0.545. The van der Waals surface area contributed by atoms with E-state index in [0.717, 1.165) is 0 Å². The van der Waals surface area contributed by atoms with E-state index in [4.69, 9.17) is 5.11 Å². The Bertz CT molecular complexity index is 389. The van der Waals surface area contributed by atoms with Crippen LogP contribution in [0.2, 0.25) is 0 Å². The summed E-state index contributed by atoms with van der Waals surface area (Å²) in [5.74, 6) is -0.189. The van der Waals surface area contributed by atoms with E-state index in [-0.39, 0.29) is 19.0 Å². The molecule has 3 N–H and O–H groups in total. The lowest BCUT2D eigenvalue weighted by molar-refractivity contribution is -0.137. The number of aromatic amines is 1. The monoisotopic (exact) mass is 254 g/mol. The van der Waals surface area contributed by atoms with Crippen LogP contribution in [0.15, 0.2) is 12.4 Å². The molecule has 0 aliphatic rings. The van der Waals surface area contributed by atoms with E-state index >= 15 is 0 Å². The van der Waals surface area contributed by atoms with Crippen molar-refractivity contribution in [2.24, 2.45) is 5.92 Å². The second-order valence-corrected chi connectivity index (χ2v) is 4.36. The first kappa shape index (κ1) is 14.0. The Hall–Kier alpha value is -2.05. The summed E-state index contributed by atoms with van der Waals surface area (Å²) in [4.78, 5) is 30.6. The molecule has 1 aromatic rings. The molecule has 0 radical (unpaired) electrons. The van der Waals surface area contributed by atoms with Crippen LogP contribution in [0.5, 0.6) is 0 Å². The molecular formula is C11H18N4O3. The second-order valence-electron chi connectivity index (χ2n) is 4.36. The maximum atomic E-state index is 11.8. The first-order chi connectivity index (χ1) is 8.49. The van der Waals surface area contributed by atoms with Gasteiger partial charge in [0.1, 0.15) is 12.4 Å². The van der Waals surface area contributed by atoms with Crippen LogP contribution >= 0.6 is 0 Å². The van der Waals surface area contributed by atoms with E-state index < -0.39 is 12.0 Å². The van der Waals surface area contributed by atoms with Crippen LogP contribution in [0.1, 0.15) is 19.7 Å². The molecule has 7 heteroatoms. The van der Waals surface area contributed by atoms with E-state index in [2.05, 4.69) is 15.3 Å². The van der Waals surface area contributed by atoms with E-state index in [1.807, 2.05) is 13.8 Å². The third-order valence-corrected chi connectivity index (χ3v) is 2.16. The maximum absolute atomic E-state index is 11.8. The fourth-order valence-electron chi connectivity index (χ4n) is 1.49. The van der Waals surface area contributed by atoms with E-state index in [9.17, 15) is 9.59 Å². The Labute approximate surface area is 105 Å². The number of hydrogen-bond acceptors (Lipinski definition) is 3. The van der Waals surface area contributed by atoms with E-state index in [1.54, 1.807) is 12.4 Å². The minimum Gasteiger partial charge on any atom is -0.480 e. The minimum atomic E-state index is -1.02. The first-order valence-corrected chi connectivity index (χ1v) is 5.72. The third-order valence-electron chi connectivity index (χ3n) is 2.16. The van der Waals surface area contributed by atoms with Crippen LogP contribution in [0, 0.1) is 5.92 Å². The zero-order valence-electron chi connectivity index (χ0n) is 10.5. The molecule has 0 unspecified atom stereocenters. The molecule has 0 aliphatic heterocycles. The highest BCUT2D eigenvalue weighted by Crippen LogP contribution is 2.00. The number of carbonyl (C=O) groups is 2. The second kappa shape index (κ2) is 6.63. The zero-order valence-corrected chi connectivity index (χ0v) is 10.5. The molecule has 0 saturated carbocycles. The van der Waals surface area contributed by atoms with Gasteiger partial charge in [-0.05, 0) is 5.92 Å². The van der Waals surface area contributed by atoms with Crippen molar-refractivity contribution in [3.8, 4) is 0 Å². The summed E-state index contributed by atoms with van der Waals surface area (Å²) in [6.07, 6.45) is 3.25. The summed E-state index contributed by atoms with van der Waals surface area (Å²) in [5, 5.41) is 11.4. The number of amides is 2. The number of rotatable bonds is 6. The molecule has 2 amide bonds. The average molecular weight is 254 g/mol. The standard InChI is InChI=1S/C11H18N4O3/c1-8(2)6-15(7-10(16)17)11(18)14-5-9-12-3-4-13-9/h3-4,8H,5-7H2,1-2H3,(H,12,13)(H,14,18)(H,16,17). The van der Waals surface area contributed by atoms with Crippen LogP contribution in [0.4, 0.5) is 4.79 Å². The molecule has 0 bridgehead atoms. The van der Waals surface area contributed by atoms with Gasteiger partial charge in [-0.25, -0.2) is 9.78 Å². The molecule has 0 atom stereocenters. The van der Waals surface area contributed by atoms with Gasteiger partial charge in [0, 0.05) is 18.9 Å². The third kappa shape index (κ3) is 4.86. The summed E-state index contributed by atoms with van der Waals surface area (Å²) >= 11 is 0. The summed E-state index contributed by atoms with van der Waals surface area (Å²) in [6.45, 7) is 4.20. The van der Waals surface area contributed by atoms with Crippen molar-refractivity contribution in [2.45, 2.75) is 20.4 Å². The number of carboxylic acids is 1. The summed E-state index contributed by atoms with van der Waals surface area (Å²) in [7, 11) is 0. The minimum absolute atomic E-state index is 0.207. The summed E-state index contributed by atoms with van der Waals surface area (Å²) in [5.41, 5.74) is 0. The SMILES string of the molecule is CC(C)CN(CC(=O)O)C(=O)NCc1ncc[nH]1. The molecule has 100 valence electrons. The molecule has 1 heterocycles. The van der Waals surface area contributed by atoms with Gasteiger partial charge >= 0.3 is 12.0 Å². The lowest BCUT2D eigenvalue weighted by atomic mass is 10.2. The fourth-order valence-corrected chi connectivity index (χ4v) is 1.49. The number of carbonyl (C=O) groups excluding carboxylic acids is 1. The molecule has 0 aliphatic carbocycles. The molecule has 7 nitrogen and oxygen atoms in total. The molecule has 0 fully saturated rings. The zero-order chi connectivity index (χ0) is 13.5. The average Bonchev–Trinajstić information content (AvgIpc) is 2.76. The predicted molar refractivity (Wildman–Crippen MR) is 64.9 cm³/mol. The van der Waals surface area contributed by atoms with Gasteiger partial charge in [0.2, 0.25) is 0 Å². The lowest BCUT2D eigenvalue weighted by Crippen LogP contribution is -2.44. The van der Waals surface area contributed by atoms with Gasteiger partial charge in [0.05, 0.1) is 6.54 Å². The molecule has 0 aromatic carbocycles. The van der Waals surface area contributed by atoms with Gasteiger partial charge in [-0.2, -0.15) is 0 Å². The Morgan fingerprint density at radius 2 is 2.28 bits per heavy atom. The number of urea groups is 1. The molecule has 18 heavy (non-hydrogen) atoms. The topological polar surface area (TPSA) is 98.3 Å². The number of imidazole rings is 1. The first-order valence-electron chi connectivity index (χ1n) is 5.72. The lowest BCUT2D eigenvalue weighted by Gasteiger charge is -2.22. The van der Waals surface area contributed by atoms with Gasteiger partial charge in [-0.1, -0.05) is 13.8 Å². The van der Waals surface area contributed by atoms with Crippen LogP contribution in [0.3, 0.4) is 0 Å². The van der Waals surface area contributed by atoms with Crippen LogP contribution < -0.4 is 5.32 Å². The maximum Gasteiger partial charge on any atom is 0.323 e. The van der Waals surface area contributed by atoms with E-state index in [1.165, 1.54) is 4.90 Å². The Morgan fingerprint density at radius 1 is 1.56 bits per heavy atom. The quantitative estimate of drug-likeness (QED) is 0.694. The Morgan fingerprint density at radius 3 is 2.78 bits per heavy atom. The van der Waals surface area contributed by atoms with Gasteiger partial charge in [0.25, 0.3) is 0 Å². The molecule has 0 spiro atoms. The van der Waals surface area contributed by atoms with Crippen LogP contribution in [0.25, 0.3) is 0 Å². The largest absolute Gasteiger partial charge is 0.480 e. The Balaban J connectivity index is 2.50. The number of hydrogen-bond donors (Lipinski definition) is 3. The highest BCUT2D eigenvalue weighted by atomic mass is 16.4. The number of aliphatic carboxylic acids is 1. The number of nitrogens with zero attached hydrogens (tertiary/aromatic N) is 2. The normalized spacial score (nSPS) is 10.4. The van der Waals surface area contributed by atoms with Gasteiger partial charge < -0.3 is 20.3 Å². The molecule has 0 saturated heterocycles. The van der Waals surface area contributed by atoms with Gasteiger partial charge in [-0.3, -0.25) is 4.79 Å². The summed E-state index contributed by atoms with van der Waals surface area (Å²) < 4.78 is 0. The number of nitrogens with one attached hydrogen (secondary N) is 2. The van der Waals surface area contributed by atoms with Crippen molar-refractivity contribution >= 4 is 12.0 Å². The number of aromatic nitrogens is 2. The van der Waals surface area contributed by atoms with Gasteiger partial charge in [-0.15, -0.1) is 0 Å². The van der Waals surface area contributed by atoms with Crippen LogP contribution in [-0.2, 0) is 11.3 Å². The van der Waals surface area contributed by atoms with Gasteiger partial charge in [0.15, 0.2) is 0 Å².